The lowest BCUT2D eigenvalue weighted by Crippen LogP contribution is -2.30. The van der Waals surface area contributed by atoms with Crippen LogP contribution in [0.15, 0.2) is 10.6 Å². The summed E-state index contributed by atoms with van der Waals surface area (Å²) in [4.78, 5) is 0. The molecule has 0 aliphatic heterocycles. The summed E-state index contributed by atoms with van der Waals surface area (Å²) in [6, 6.07) is 0.0788. The molecule has 2 rings (SSSR count). The van der Waals surface area contributed by atoms with E-state index in [9.17, 15) is 10.4 Å². The van der Waals surface area contributed by atoms with E-state index in [1.165, 1.54) is 6.20 Å². The van der Waals surface area contributed by atoms with Crippen molar-refractivity contribution >= 4 is 22.9 Å². The van der Waals surface area contributed by atoms with Gasteiger partial charge in [-0.1, -0.05) is 4.73 Å². The highest BCUT2D eigenvalue weighted by Gasteiger charge is 2.22. The molecule has 88 valence electrons. The van der Waals surface area contributed by atoms with Gasteiger partial charge in [0, 0.05) is 6.54 Å². The van der Waals surface area contributed by atoms with Crippen molar-refractivity contribution in [3.63, 3.8) is 0 Å². The highest BCUT2D eigenvalue weighted by molar-refractivity contribution is 5.83. The minimum Gasteiger partial charge on any atom is -0.737 e. The molecule has 0 aromatic carbocycles. The molecule has 0 atom stereocenters. The van der Waals surface area contributed by atoms with Gasteiger partial charge in [0.1, 0.15) is 11.9 Å². The van der Waals surface area contributed by atoms with E-state index in [2.05, 4.69) is 10.6 Å². The van der Waals surface area contributed by atoms with Gasteiger partial charge in [-0.2, -0.15) is 0 Å². The van der Waals surface area contributed by atoms with E-state index in [0.717, 1.165) is 4.73 Å². The van der Waals surface area contributed by atoms with Gasteiger partial charge in [-0.15, -0.1) is 0 Å². The second-order valence-corrected chi connectivity index (χ2v) is 3.30. The Balaban J connectivity index is 2.57. The van der Waals surface area contributed by atoms with Crippen LogP contribution in [-0.2, 0) is 0 Å². The average Bonchev–Trinajstić information content (AvgIpc) is 2.71. The number of rotatable bonds is 4. The predicted molar refractivity (Wildman–Crippen MR) is 58.7 cm³/mol. The van der Waals surface area contributed by atoms with Crippen LogP contribution < -0.4 is 15.4 Å². The molecule has 0 bridgehead atoms. The first-order valence-electron chi connectivity index (χ1n) is 5.13. The Hall–Kier alpha value is -2.05. The number of oxazole rings is 1. The molecule has 0 radical (unpaired) electrons. The monoisotopic (exact) mass is 226 g/mol. The van der Waals surface area contributed by atoms with Crippen molar-refractivity contribution in [2.24, 2.45) is 0 Å². The van der Waals surface area contributed by atoms with E-state index in [-0.39, 0.29) is 11.7 Å². The van der Waals surface area contributed by atoms with E-state index in [1.54, 1.807) is 0 Å². The summed E-state index contributed by atoms with van der Waals surface area (Å²) in [5.74, 6) is 0. The average molecular weight is 226 g/mol. The summed E-state index contributed by atoms with van der Waals surface area (Å²) >= 11 is 0. The van der Waals surface area contributed by atoms with Crippen LogP contribution in [0.5, 0.6) is 0 Å². The molecule has 0 aliphatic carbocycles. The van der Waals surface area contributed by atoms with Crippen LogP contribution in [0.25, 0.3) is 11.2 Å². The second kappa shape index (κ2) is 3.84. The maximum absolute atomic E-state index is 11.7. The third-order valence-corrected chi connectivity index (χ3v) is 2.19. The fourth-order valence-electron chi connectivity index (χ4n) is 1.56. The van der Waals surface area contributed by atoms with Gasteiger partial charge in [-0.3, -0.25) is 5.32 Å². The molecule has 0 unspecified atom stereocenters. The van der Waals surface area contributed by atoms with Gasteiger partial charge in [0.25, 0.3) is 0 Å². The highest BCUT2D eigenvalue weighted by Crippen LogP contribution is 2.26. The molecule has 2 aromatic heterocycles. The minimum absolute atomic E-state index is 0.0758. The summed E-state index contributed by atoms with van der Waals surface area (Å²) in [5, 5.41) is 27.0. The standard InChI is InChI=1S/C9H14N4O3/c1-3-10-6-5-12(14)8-7(6)16-9(11-4-2)13(8)15/h5,10-11,14H,3-4H2,1-2H3. The van der Waals surface area contributed by atoms with Crippen molar-refractivity contribution in [2.75, 3.05) is 23.7 Å². The zero-order valence-corrected chi connectivity index (χ0v) is 9.15. The molecule has 16 heavy (non-hydrogen) atoms. The van der Waals surface area contributed by atoms with E-state index in [0.29, 0.717) is 29.1 Å². The Morgan fingerprint density at radius 3 is 2.75 bits per heavy atom. The fourth-order valence-corrected chi connectivity index (χ4v) is 1.56. The zero-order chi connectivity index (χ0) is 11.7. The SMILES string of the molecule is CCNc1cn(O)c2c1oc(NCC)[n+]2[O-]. The van der Waals surface area contributed by atoms with Gasteiger partial charge in [0.15, 0.2) is 0 Å². The normalized spacial score (nSPS) is 10.9. The van der Waals surface area contributed by atoms with Gasteiger partial charge in [0.05, 0.1) is 6.54 Å². The number of aromatic nitrogens is 2. The van der Waals surface area contributed by atoms with Gasteiger partial charge < -0.3 is 20.1 Å². The van der Waals surface area contributed by atoms with E-state index in [4.69, 9.17) is 4.42 Å². The molecule has 7 heteroatoms. The van der Waals surface area contributed by atoms with Gasteiger partial charge >= 0.3 is 11.7 Å². The van der Waals surface area contributed by atoms with Gasteiger partial charge in [0.2, 0.25) is 5.58 Å². The molecule has 0 spiro atoms. The Labute approximate surface area is 91.8 Å². The molecule has 2 heterocycles. The van der Waals surface area contributed by atoms with Crippen LogP contribution in [0.4, 0.5) is 11.7 Å². The van der Waals surface area contributed by atoms with Crippen molar-refractivity contribution < 1.29 is 14.4 Å². The summed E-state index contributed by atoms with van der Waals surface area (Å²) in [6.45, 7) is 5.01. The van der Waals surface area contributed by atoms with Gasteiger partial charge in [-0.25, -0.2) is 4.73 Å². The molecule has 0 fully saturated rings. The van der Waals surface area contributed by atoms with Crippen LogP contribution in [0.3, 0.4) is 0 Å². The van der Waals surface area contributed by atoms with Crippen molar-refractivity contribution in [1.82, 2.24) is 4.73 Å². The summed E-state index contributed by atoms with van der Waals surface area (Å²) in [5.41, 5.74) is 1.01. The second-order valence-electron chi connectivity index (χ2n) is 3.30. The first-order valence-corrected chi connectivity index (χ1v) is 5.13. The topological polar surface area (TPSA) is 89.3 Å². The fraction of sp³-hybridized carbons (Fsp3) is 0.444. The third kappa shape index (κ3) is 1.40. The zero-order valence-electron chi connectivity index (χ0n) is 9.15. The molecule has 3 N–H and O–H groups in total. The van der Waals surface area contributed by atoms with Gasteiger partial charge in [-0.05, 0) is 13.8 Å². The first-order chi connectivity index (χ1) is 7.69. The van der Waals surface area contributed by atoms with E-state index < -0.39 is 0 Å². The summed E-state index contributed by atoms with van der Waals surface area (Å²) in [6.07, 6.45) is 1.40. The van der Waals surface area contributed by atoms with Crippen LogP contribution in [0.2, 0.25) is 0 Å². The quantitative estimate of drug-likeness (QED) is 0.410. The van der Waals surface area contributed by atoms with E-state index in [1.807, 2.05) is 13.8 Å². The summed E-state index contributed by atoms with van der Waals surface area (Å²) in [7, 11) is 0. The Bertz CT molecular complexity index is 502. The molecular formula is C9H14N4O3. The van der Waals surface area contributed by atoms with Crippen molar-refractivity contribution in [2.45, 2.75) is 13.8 Å². The van der Waals surface area contributed by atoms with Crippen molar-refractivity contribution in [3.05, 3.63) is 11.4 Å². The van der Waals surface area contributed by atoms with Crippen molar-refractivity contribution in [3.8, 4) is 0 Å². The molecule has 0 aliphatic rings. The Kier molecular flexibility index (Phi) is 2.51. The number of hydrogen-bond acceptors (Lipinski definition) is 5. The molecule has 0 saturated heterocycles. The molecule has 7 nitrogen and oxygen atoms in total. The maximum Gasteiger partial charge on any atom is 0.398 e. The largest absolute Gasteiger partial charge is 0.737 e. The molecular weight excluding hydrogens is 212 g/mol. The lowest BCUT2D eigenvalue weighted by Gasteiger charge is -2.02. The number of hydrogen-bond donors (Lipinski definition) is 3. The van der Waals surface area contributed by atoms with Crippen LogP contribution >= 0.6 is 0 Å². The number of fused-ring (bicyclic) bond motifs is 1. The van der Waals surface area contributed by atoms with Crippen LogP contribution in [-0.4, -0.2) is 23.0 Å². The predicted octanol–water partition coefficient (Wildman–Crippen LogP) is 0.969. The minimum atomic E-state index is 0.0758. The highest BCUT2D eigenvalue weighted by atomic mass is 16.5. The number of nitrogens with one attached hydrogen (secondary N) is 2. The molecule has 2 aromatic rings. The smallest absolute Gasteiger partial charge is 0.398 e. The van der Waals surface area contributed by atoms with E-state index >= 15 is 0 Å². The number of nitrogens with zero attached hydrogens (tertiary/aromatic N) is 2. The van der Waals surface area contributed by atoms with Crippen LogP contribution in [0.1, 0.15) is 13.8 Å². The summed E-state index contributed by atoms with van der Waals surface area (Å²) < 4.78 is 6.62. The number of anilines is 2. The Morgan fingerprint density at radius 2 is 2.12 bits per heavy atom. The molecule has 0 saturated carbocycles. The lowest BCUT2D eigenvalue weighted by molar-refractivity contribution is -0.570. The Morgan fingerprint density at radius 1 is 1.44 bits per heavy atom. The molecule has 0 amide bonds. The third-order valence-electron chi connectivity index (χ3n) is 2.19. The maximum atomic E-state index is 11.7. The van der Waals surface area contributed by atoms with Crippen molar-refractivity contribution in [1.29, 1.82) is 0 Å². The first kappa shape index (κ1) is 10.5. The van der Waals surface area contributed by atoms with Crippen LogP contribution in [0, 0.1) is 5.21 Å². The lowest BCUT2D eigenvalue weighted by atomic mass is 10.5.